The summed E-state index contributed by atoms with van der Waals surface area (Å²) in [5.41, 5.74) is 3.07. The van der Waals surface area contributed by atoms with Crippen molar-refractivity contribution in [2.75, 3.05) is 0 Å². The van der Waals surface area contributed by atoms with Gasteiger partial charge in [0.25, 0.3) is 0 Å². The van der Waals surface area contributed by atoms with Crippen LogP contribution in [0.25, 0.3) is 0 Å². The Balaban J connectivity index is 1.56. The van der Waals surface area contributed by atoms with E-state index in [2.05, 4.69) is 45.8 Å². The molecule has 0 aromatic carbocycles. The second kappa shape index (κ2) is 10.2. The van der Waals surface area contributed by atoms with Gasteiger partial charge in [0, 0.05) is 12.7 Å². The average molecular weight is 464 g/mol. The minimum absolute atomic E-state index is 0.366. The lowest BCUT2D eigenvalue weighted by molar-refractivity contribution is -0.0756. The van der Waals surface area contributed by atoms with Gasteiger partial charge in [-0.15, -0.1) is 0 Å². The number of nitrogens with zero attached hydrogens (tertiary/aromatic N) is 3. The fourth-order valence-corrected chi connectivity index (χ4v) is 9.41. The largest absolute Gasteiger partial charge is 0.271 e. The quantitative estimate of drug-likeness (QED) is 0.345. The Labute approximate surface area is 209 Å². The molecule has 34 heavy (non-hydrogen) atoms. The van der Waals surface area contributed by atoms with Gasteiger partial charge in [0.2, 0.25) is 0 Å². The first kappa shape index (κ1) is 25.5. The van der Waals surface area contributed by atoms with Gasteiger partial charge in [-0.05, 0) is 91.3 Å². The minimum atomic E-state index is 0.366. The SMILES string of the molecule is C=C1CC2(C)C(CC[C@@H]2C(C)Cn2cc(C#N)cn2)C2CCC(CCCC)C(C)(CCCC)C12. The van der Waals surface area contributed by atoms with E-state index >= 15 is 0 Å². The molecule has 1 aromatic heterocycles. The Bertz CT molecular complexity index is 893. The van der Waals surface area contributed by atoms with Crippen molar-refractivity contribution in [2.24, 2.45) is 46.3 Å². The first-order chi connectivity index (χ1) is 16.3. The molecule has 3 aliphatic rings. The Morgan fingerprint density at radius 1 is 1.18 bits per heavy atom. The summed E-state index contributed by atoms with van der Waals surface area (Å²) in [6.45, 7) is 18.2. The second-order valence-corrected chi connectivity index (χ2v) is 12.8. The smallest absolute Gasteiger partial charge is 0.102 e. The lowest BCUT2D eigenvalue weighted by Gasteiger charge is -2.60. The van der Waals surface area contributed by atoms with E-state index in [1.807, 2.05) is 10.9 Å². The van der Waals surface area contributed by atoms with E-state index in [9.17, 15) is 5.26 Å². The Hall–Kier alpha value is -1.56. The fourth-order valence-electron chi connectivity index (χ4n) is 9.41. The van der Waals surface area contributed by atoms with Crippen molar-refractivity contribution in [1.29, 1.82) is 5.26 Å². The number of hydrogen-bond donors (Lipinski definition) is 0. The Morgan fingerprint density at radius 3 is 2.62 bits per heavy atom. The average Bonchev–Trinajstić information content (AvgIpc) is 3.40. The highest BCUT2D eigenvalue weighted by molar-refractivity contribution is 5.23. The minimum Gasteiger partial charge on any atom is -0.271 e. The molecule has 0 N–H and O–H groups in total. The van der Waals surface area contributed by atoms with Crippen molar-refractivity contribution >= 4 is 0 Å². The molecule has 3 aliphatic carbocycles. The number of fused-ring (bicyclic) bond motifs is 3. The van der Waals surface area contributed by atoms with Gasteiger partial charge in [-0.2, -0.15) is 10.4 Å². The van der Waals surface area contributed by atoms with Crippen LogP contribution >= 0.6 is 0 Å². The van der Waals surface area contributed by atoms with Gasteiger partial charge in [0.05, 0.1) is 11.8 Å². The molecule has 0 spiro atoms. The summed E-state index contributed by atoms with van der Waals surface area (Å²) in [6.07, 6.45) is 18.6. The Kier molecular flexibility index (Phi) is 7.66. The Morgan fingerprint density at radius 2 is 1.94 bits per heavy atom. The van der Waals surface area contributed by atoms with E-state index in [1.165, 1.54) is 70.6 Å². The third kappa shape index (κ3) is 4.40. The van der Waals surface area contributed by atoms with Crippen LogP contribution in [0.15, 0.2) is 24.5 Å². The fraction of sp³-hybridized carbons (Fsp3) is 0.806. The summed E-state index contributed by atoms with van der Waals surface area (Å²) >= 11 is 0. The third-order valence-corrected chi connectivity index (χ3v) is 10.9. The van der Waals surface area contributed by atoms with Gasteiger partial charge in [-0.1, -0.05) is 72.5 Å². The topological polar surface area (TPSA) is 41.6 Å². The zero-order valence-corrected chi connectivity index (χ0v) is 22.7. The van der Waals surface area contributed by atoms with Crippen LogP contribution < -0.4 is 0 Å². The van der Waals surface area contributed by atoms with Gasteiger partial charge >= 0.3 is 0 Å². The first-order valence-electron chi connectivity index (χ1n) is 14.4. The summed E-state index contributed by atoms with van der Waals surface area (Å²) in [4.78, 5) is 0. The number of rotatable bonds is 9. The zero-order valence-electron chi connectivity index (χ0n) is 22.7. The van der Waals surface area contributed by atoms with E-state index < -0.39 is 0 Å². The van der Waals surface area contributed by atoms with Crippen molar-refractivity contribution in [2.45, 2.75) is 112 Å². The maximum Gasteiger partial charge on any atom is 0.102 e. The summed E-state index contributed by atoms with van der Waals surface area (Å²) < 4.78 is 2.00. The van der Waals surface area contributed by atoms with Gasteiger partial charge < -0.3 is 0 Å². The molecule has 3 heteroatoms. The normalized spacial score (nSPS) is 38.2. The van der Waals surface area contributed by atoms with E-state index in [0.29, 0.717) is 28.2 Å². The van der Waals surface area contributed by atoms with Crippen LogP contribution in [0.2, 0.25) is 0 Å². The monoisotopic (exact) mass is 463 g/mol. The molecule has 3 fully saturated rings. The van der Waals surface area contributed by atoms with E-state index in [1.54, 1.807) is 11.8 Å². The lowest BCUT2D eigenvalue weighted by atomic mass is 9.44. The van der Waals surface area contributed by atoms with Crippen molar-refractivity contribution in [1.82, 2.24) is 9.78 Å². The highest BCUT2D eigenvalue weighted by Gasteiger charge is 2.60. The molecule has 1 aromatic rings. The van der Waals surface area contributed by atoms with Crippen LogP contribution in [0.3, 0.4) is 0 Å². The zero-order chi connectivity index (χ0) is 24.5. The van der Waals surface area contributed by atoms with E-state index in [-0.39, 0.29) is 0 Å². The summed E-state index contributed by atoms with van der Waals surface area (Å²) in [7, 11) is 0. The maximum absolute atomic E-state index is 9.18. The van der Waals surface area contributed by atoms with Crippen molar-refractivity contribution in [3.63, 3.8) is 0 Å². The molecule has 0 amide bonds. The van der Waals surface area contributed by atoms with Crippen LogP contribution in [0.5, 0.6) is 0 Å². The van der Waals surface area contributed by atoms with Crippen LogP contribution in [-0.4, -0.2) is 9.78 Å². The van der Waals surface area contributed by atoms with Crippen LogP contribution in [0, 0.1) is 57.7 Å². The molecule has 0 radical (unpaired) electrons. The molecule has 0 saturated heterocycles. The molecule has 7 unspecified atom stereocenters. The molecule has 3 saturated carbocycles. The molecular weight excluding hydrogens is 414 g/mol. The van der Waals surface area contributed by atoms with Crippen LogP contribution in [-0.2, 0) is 6.54 Å². The molecule has 3 nitrogen and oxygen atoms in total. The molecular formula is C31H49N3. The number of allylic oxidation sites excluding steroid dienone is 1. The van der Waals surface area contributed by atoms with Crippen LogP contribution in [0.1, 0.15) is 111 Å². The van der Waals surface area contributed by atoms with Gasteiger partial charge in [0.15, 0.2) is 0 Å². The number of hydrogen-bond acceptors (Lipinski definition) is 2. The predicted molar refractivity (Wildman–Crippen MR) is 141 cm³/mol. The van der Waals surface area contributed by atoms with Crippen molar-refractivity contribution < 1.29 is 0 Å². The highest BCUT2D eigenvalue weighted by atomic mass is 15.3. The number of unbranched alkanes of at least 4 members (excludes halogenated alkanes) is 2. The molecule has 0 bridgehead atoms. The number of nitriles is 1. The summed E-state index contributed by atoms with van der Waals surface area (Å²) in [5.74, 6) is 4.56. The van der Waals surface area contributed by atoms with E-state index in [0.717, 1.165) is 30.2 Å². The molecule has 8 atom stereocenters. The molecule has 188 valence electrons. The molecule has 0 aliphatic heterocycles. The summed E-state index contributed by atoms with van der Waals surface area (Å²) in [6, 6.07) is 2.22. The third-order valence-electron chi connectivity index (χ3n) is 10.9. The lowest BCUT2D eigenvalue weighted by Crippen LogP contribution is -2.53. The van der Waals surface area contributed by atoms with Crippen molar-refractivity contribution in [3.05, 3.63) is 30.1 Å². The van der Waals surface area contributed by atoms with Gasteiger partial charge in [-0.3, -0.25) is 4.68 Å². The molecule has 1 heterocycles. The van der Waals surface area contributed by atoms with Gasteiger partial charge in [0.1, 0.15) is 6.07 Å². The number of aromatic nitrogens is 2. The standard InChI is InChI=1S/C31H49N3/c1-7-9-11-25-12-13-26-28-15-14-27(23(4)20-34-21-24(18-32)19-33-34)31(28,6)17-22(3)29(26)30(25,5)16-10-8-2/h19,21,23,25-29H,3,7-17,20H2,1-2,4-6H3/t23?,25?,26?,27-,28?,29?,30?,31?/m1/s1. The summed E-state index contributed by atoms with van der Waals surface area (Å²) in [5, 5.41) is 13.6. The second-order valence-electron chi connectivity index (χ2n) is 12.8. The molecule has 4 rings (SSSR count). The first-order valence-corrected chi connectivity index (χ1v) is 14.4. The highest BCUT2D eigenvalue weighted by Crippen LogP contribution is 2.68. The van der Waals surface area contributed by atoms with Gasteiger partial charge in [-0.25, -0.2) is 0 Å². The predicted octanol–water partition coefficient (Wildman–Crippen LogP) is 8.41. The van der Waals surface area contributed by atoms with Crippen LogP contribution in [0.4, 0.5) is 0 Å². The van der Waals surface area contributed by atoms with Crippen molar-refractivity contribution in [3.8, 4) is 6.07 Å². The van der Waals surface area contributed by atoms with E-state index in [4.69, 9.17) is 6.58 Å². The maximum atomic E-state index is 9.18.